The van der Waals surface area contributed by atoms with Gasteiger partial charge in [0, 0.05) is 25.1 Å². The second kappa shape index (κ2) is 7.37. The van der Waals surface area contributed by atoms with E-state index < -0.39 is 5.54 Å². The summed E-state index contributed by atoms with van der Waals surface area (Å²) >= 11 is 0. The molecule has 1 amide bonds. The lowest BCUT2D eigenvalue weighted by Gasteiger charge is -2.29. The molecular formula is C17H23N3O3. The Labute approximate surface area is 135 Å². The number of aryl methyl sites for hydroxylation is 1. The van der Waals surface area contributed by atoms with E-state index >= 15 is 0 Å². The molecule has 1 heterocycles. The van der Waals surface area contributed by atoms with E-state index in [1.54, 1.807) is 18.2 Å². The van der Waals surface area contributed by atoms with Crippen molar-refractivity contribution in [1.29, 1.82) is 0 Å². The highest BCUT2D eigenvalue weighted by Crippen LogP contribution is 2.14. The second-order valence-electron chi connectivity index (χ2n) is 5.95. The molecule has 0 saturated heterocycles. The molecule has 6 heteroatoms. The van der Waals surface area contributed by atoms with Gasteiger partial charge in [0.25, 0.3) is 5.56 Å². The van der Waals surface area contributed by atoms with Gasteiger partial charge in [-0.1, -0.05) is 19.1 Å². The highest BCUT2D eigenvalue weighted by molar-refractivity contribution is 5.77. The molecule has 0 spiro atoms. The van der Waals surface area contributed by atoms with Crippen molar-refractivity contribution in [3.05, 3.63) is 40.9 Å². The lowest BCUT2D eigenvalue weighted by atomic mass is 9.95. The van der Waals surface area contributed by atoms with Crippen LogP contribution in [0.25, 0.3) is 10.9 Å². The van der Waals surface area contributed by atoms with Crippen LogP contribution in [0.3, 0.4) is 0 Å². The van der Waals surface area contributed by atoms with Crippen LogP contribution in [-0.2, 0) is 11.3 Å². The molecule has 0 aliphatic carbocycles. The smallest absolute Gasteiger partial charge is 0.261 e. The van der Waals surface area contributed by atoms with Gasteiger partial charge in [-0.15, -0.1) is 0 Å². The van der Waals surface area contributed by atoms with Crippen LogP contribution in [0.2, 0.25) is 0 Å². The van der Waals surface area contributed by atoms with Crippen molar-refractivity contribution in [3.63, 3.8) is 0 Å². The summed E-state index contributed by atoms with van der Waals surface area (Å²) in [5.74, 6) is -0.136. The number of carbonyl (C=O) groups is 1. The number of aliphatic hydroxyl groups is 1. The van der Waals surface area contributed by atoms with Gasteiger partial charge < -0.3 is 10.4 Å². The summed E-state index contributed by atoms with van der Waals surface area (Å²) in [5, 5.41) is 12.6. The van der Waals surface area contributed by atoms with Crippen molar-refractivity contribution >= 4 is 16.8 Å². The standard InChI is InChI=1S/C17H23N3O3/c1-3-17(2,9-11-21)19-15(22)8-10-20-12-18-14-7-5-4-6-13(14)16(20)23/h4-7,12,21H,3,8-11H2,1-2H3,(H,19,22). The molecule has 0 bridgehead atoms. The average Bonchev–Trinajstić information content (AvgIpc) is 2.54. The molecule has 1 atom stereocenters. The number of para-hydroxylation sites is 1. The molecule has 2 N–H and O–H groups in total. The Balaban J connectivity index is 2.05. The molecule has 1 unspecified atom stereocenters. The number of nitrogens with zero attached hydrogens (tertiary/aromatic N) is 2. The van der Waals surface area contributed by atoms with Crippen LogP contribution in [0.1, 0.15) is 33.1 Å². The summed E-state index contributed by atoms with van der Waals surface area (Å²) < 4.78 is 1.46. The van der Waals surface area contributed by atoms with Gasteiger partial charge in [-0.05, 0) is 31.9 Å². The van der Waals surface area contributed by atoms with Crippen LogP contribution in [0.15, 0.2) is 35.4 Å². The largest absolute Gasteiger partial charge is 0.396 e. The topological polar surface area (TPSA) is 84.2 Å². The summed E-state index contributed by atoms with van der Waals surface area (Å²) in [6.07, 6.45) is 2.91. The predicted octanol–water partition coefficient (Wildman–Crippen LogP) is 1.45. The van der Waals surface area contributed by atoms with E-state index in [4.69, 9.17) is 5.11 Å². The van der Waals surface area contributed by atoms with E-state index in [1.807, 2.05) is 19.9 Å². The van der Waals surface area contributed by atoms with Crippen molar-refractivity contribution in [2.24, 2.45) is 0 Å². The molecule has 23 heavy (non-hydrogen) atoms. The Morgan fingerprint density at radius 3 is 2.83 bits per heavy atom. The van der Waals surface area contributed by atoms with Crippen molar-refractivity contribution in [2.75, 3.05) is 6.61 Å². The number of rotatable bonds is 7. The van der Waals surface area contributed by atoms with Gasteiger partial charge in [0.1, 0.15) is 0 Å². The van der Waals surface area contributed by atoms with Gasteiger partial charge in [-0.2, -0.15) is 0 Å². The number of hydrogen-bond donors (Lipinski definition) is 2. The third kappa shape index (κ3) is 4.16. The maximum absolute atomic E-state index is 12.3. The van der Waals surface area contributed by atoms with Gasteiger partial charge in [0.05, 0.1) is 17.2 Å². The highest BCUT2D eigenvalue weighted by Gasteiger charge is 2.23. The Morgan fingerprint density at radius 1 is 1.39 bits per heavy atom. The fraction of sp³-hybridized carbons (Fsp3) is 0.471. The maximum atomic E-state index is 12.3. The first kappa shape index (κ1) is 17.1. The number of aliphatic hydroxyl groups excluding tert-OH is 1. The van der Waals surface area contributed by atoms with Crippen LogP contribution >= 0.6 is 0 Å². The van der Waals surface area contributed by atoms with Gasteiger partial charge in [-0.25, -0.2) is 4.98 Å². The van der Waals surface area contributed by atoms with Crippen LogP contribution in [0.5, 0.6) is 0 Å². The van der Waals surface area contributed by atoms with Gasteiger partial charge in [0.2, 0.25) is 5.91 Å². The number of benzene rings is 1. The monoisotopic (exact) mass is 317 g/mol. The summed E-state index contributed by atoms with van der Waals surface area (Å²) in [6, 6.07) is 7.15. The Bertz CT molecular complexity index is 741. The Kier molecular flexibility index (Phi) is 5.50. The van der Waals surface area contributed by atoms with E-state index in [1.165, 1.54) is 10.9 Å². The number of fused-ring (bicyclic) bond motifs is 1. The second-order valence-corrected chi connectivity index (χ2v) is 5.95. The fourth-order valence-corrected chi connectivity index (χ4v) is 2.46. The first-order valence-corrected chi connectivity index (χ1v) is 7.85. The zero-order valence-electron chi connectivity index (χ0n) is 13.6. The molecule has 124 valence electrons. The van der Waals surface area contributed by atoms with Crippen LogP contribution in [-0.4, -0.2) is 32.7 Å². The molecule has 2 aromatic rings. The number of carbonyl (C=O) groups excluding carboxylic acids is 1. The molecule has 2 rings (SSSR count). The summed E-state index contributed by atoms with van der Waals surface area (Å²) in [5.41, 5.74) is 0.0926. The Hall–Kier alpha value is -2.21. The molecular weight excluding hydrogens is 294 g/mol. The molecule has 0 fully saturated rings. The van der Waals surface area contributed by atoms with Crippen LogP contribution in [0.4, 0.5) is 0 Å². The summed E-state index contributed by atoms with van der Waals surface area (Å²) in [4.78, 5) is 28.7. The van der Waals surface area contributed by atoms with E-state index in [0.29, 0.717) is 17.3 Å². The SMILES string of the molecule is CCC(C)(CCO)NC(=O)CCn1cnc2ccccc2c1=O. The first-order chi connectivity index (χ1) is 11.0. The zero-order chi connectivity index (χ0) is 16.9. The van der Waals surface area contributed by atoms with Crippen molar-refractivity contribution in [3.8, 4) is 0 Å². The molecule has 1 aromatic heterocycles. The lowest BCUT2D eigenvalue weighted by molar-refractivity contribution is -0.123. The highest BCUT2D eigenvalue weighted by atomic mass is 16.3. The fourth-order valence-electron chi connectivity index (χ4n) is 2.46. The average molecular weight is 317 g/mol. The number of nitrogens with one attached hydrogen (secondary N) is 1. The quantitative estimate of drug-likeness (QED) is 0.809. The maximum Gasteiger partial charge on any atom is 0.261 e. The number of amides is 1. The third-order valence-corrected chi connectivity index (χ3v) is 4.20. The summed E-state index contributed by atoms with van der Waals surface area (Å²) in [6.45, 7) is 4.18. The predicted molar refractivity (Wildman–Crippen MR) is 89.2 cm³/mol. The van der Waals surface area contributed by atoms with E-state index in [0.717, 1.165) is 6.42 Å². The van der Waals surface area contributed by atoms with Crippen molar-refractivity contribution in [1.82, 2.24) is 14.9 Å². The van der Waals surface area contributed by atoms with E-state index in [-0.39, 0.29) is 31.0 Å². The number of hydrogen-bond acceptors (Lipinski definition) is 4. The third-order valence-electron chi connectivity index (χ3n) is 4.20. The first-order valence-electron chi connectivity index (χ1n) is 7.85. The van der Waals surface area contributed by atoms with E-state index in [2.05, 4.69) is 10.3 Å². The van der Waals surface area contributed by atoms with Crippen molar-refractivity contribution < 1.29 is 9.90 Å². The lowest BCUT2D eigenvalue weighted by Crippen LogP contribution is -2.46. The molecule has 0 saturated carbocycles. The Morgan fingerprint density at radius 2 is 2.13 bits per heavy atom. The molecule has 1 aromatic carbocycles. The van der Waals surface area contributed by atoms with Gasteiger partial charge in [0.15, 0.2) is 0 Å². The number of aromatic nitrogens is 2. The molecule has 6 nitrogen and oxygen atoms in total. The minimum absolute atomic E-state index is 0.0265. The van der Waals surface area contributed by atoms with Gasteiger partial charge >= 0.3 is 0 Å². The normalized spacial score (nSPS) is 13.7. The van der Waals surface area contributed by atoms with Crippen LogP contribution in [0, 0.1) is 0 Å². The van der Waals surface area contributed by atoms with Gasteiger partial charge in [-0.3, -0.25) is 14.2 Å². The summed E-state index contributed by atoms with van der Waals surface area (Å²) in [7, 11) is 0. The molecule has 0 aliphatic heterocycles. The minimum Gasteiger partial charge on any atom is -0.396 e. The van der Waals surface area contributed by atoms with Crippen LogP contribution < -0.4 is 10.9 Å². The molecule has 0 aliphatic rings. The minimum atomic E-state index is -0.418. The molecule has 0 radical (unpaired) electrons. The zero-order valence-corrected chi connectivity index (χ0v) is 13.6. The van der Waals surface area contributed by atoms with E-state index in [9.17, 15) is 9.59 Å². The van der Waals surface area contributed by atoms with Crippen molar-refractivity contribution in [2.45, 2.75) is 45.2 Å².